The summed E-state index contributed by atoms with van der Waals surface area (Å²) in [6, 6.07) is 21.9. The fraction of sp³-hybridized carbons (Fsp3) is 0.179. The summed E-state index contributed by atoms with van der Waals surface area (Å²) in [6.07, 6.45) is 3.55. The number of hydrogen-bond donors (Lipinski definition) is 2. The SMILES string of the molecule is CCCn1ncc2cc(C3CC(c4c(-c5ccccc5)c5cc(Cl)ccc5[nH]c4=O)=NN3)ccc21. The molecule has 2 aromatic heterocycles. The molecular formula is C28H24ClN5O. The van der Waals surface area contributed by atoms with Gasteiger partial charge in [-0.3, -0.25) is 9.48 Å². The Bertz CT molecular complexity index is 1650. The van der Waals surface area contributed by atoms with Crippen LogP contribution in [0, 0.1) is 0 Å². The third kappa shape index (κ3) is 3.80. The molecule has 0 radical (unpaired) electrons. The van der Waals surface area contributed by atoms with E-state index >= 15 is 0 Å². The molecule has 0 fully saturated rings. The molecule has 174 valence electrons. The van der Waals surface area contributed by atoms with Crippen molar-refractivity contribution in [2.45, 2.75) is 32.4 Å². The maximum atomic E-state index is 13.4. The minimum absolute atomic E-state index is 0.0259. The molecule has 35 heavy (non-hydrogen) atoms. The molecule has 7 heteroatoms. The van der Waals surface area contributed by atoms with Crippen LogP contribution >= 0.6 is 11.6 Å². The van der Waals surface area contributed by atoms with Crippen LogP contribution in [0.15, 0.2) is 82.8 Å². The second-order valence-electron chi connectivity index (χ2n) is 8.89. The van der Waals surface area contributed by atoms with Crippen LogP contribution in [0.25, 0.3) is 32.9 Å². The minimum atomic E-state index is -0.156. The fourth-order valence-corrected chi connectivity index (χ4v) is 5.12. The van der Waals surface area contributed by atoms with E-state index < -0.39 is 0 Å². The van der Waals surface area contributed by atoms with Gasteiger partial charge in [-0.05, 0) is 47.9 Å². The number of rotatable bonds is 5. The van der Waals surface area contributed by atoms with E-state index in [4.69, 9.17) is 11.6 Å². The summed E-state index contributed by atoms with van der Waals surface area (Å²) in [4.78, 5) is 16.4. The second-order valence-corrected chi connectivity index (χ2v) is 9.33. The molecule has 0 spiro atoms. The average molecular weight is 482 g/mol. The molecule has 6 nitrogen and oxygen atoms in total. The Morgan fingerprint density at radius 2 is 1.91 bits per heavy atom. The number of hydrazone groups is 1. The van der Waals surface area contributed by atoms with Crippen molar-refractivity contribution in [2.24, 2.45) is 5.10 Å². The van der Waals surface area contributed by atoms with Crippen molar-refractivity contribution in [3.63, 3.8) is 0 Å². The Morgan fingerprint density at radius 1 is 1.06 bits per heavy atom. The first kappa shape index (κ1) is 21.6. The fourth-order valence-electron chi connectivity index (χ4n) is 4.95. The number of nitrogens with one attached hydrogen (secondary N) is 2. The van der Waals surface area contributed by atoms with Crippen molar-refractivity contribution in [3.05, 3.63) is 99.4 Å². The molecule has 0 saturated heterocycles. The number of nitrogens with zero attached hydrogens (tertiary/aromatic N) is 3. The van der Waals surface area contributed by atoms with Gasteiger partial charge in [-0.15, -0.1) is 0 Å². The zero-order valence-corrected chi connectivity index (χ0v) is 20.0. The van der Waals surface area contributed by atoms with Crippen LogP contribution in [-0.2, 0) is 6.54 Å². The lowest BCUT2D eigenvalue weighted by Crippen LogP contribution is -2.20. The Morgan fingerprint density at radius 3 is 2.74 bits per heavy atom. The van der Waals surface area contributed by atoms with E-state index in [-0.39, 0.29) is 11.6 Å². The first-order valence-electron chi connectivity index (χ1n) is 11.8. The number of H-pyrrole nitrogens is 1. The minimum Gasteiger partial charge on any atom is -0.321 e. The lowest BCUT2D eigenvalue weighted by atomic mass is 9.91. The van der Waals surface area contributed by atoms with E-state index in [1.165, 1.54) is 0 Å². The van der Waals surface area contributed by atoms with Crippen LogP contribution < -0.4 is 11.0 Å². The van der Waals surface area contributed by atoms with Gasteiger partial charge in [0.1, 0.15) is 0 Å². The quantitative estimate of drug-likeness (QED) is 0.321. The number of aromatic nitrogens is 3. The van der Waals surface area contributed by atoms with Gasteiger partial charge in [0.15, 0.2) is 0 Å². The Balaban J connectivity index is 1.42. The summed E-state index contributed by atoms with van der Waals surface area (Å²) >= 11 is 6.36. The highest BCUT2D eigenvalue weighted by molar-refractivity contribution is 6.31. The molecule has 1 aliphatic rings. The molecule has 2 N–H and O–H groups in total. The van der Waals surface area contributed by atoms with Crippen molar-refractivity contribution in [3.8, 4) is 11.1 Å². The predicted molar refractivity (Wildman–Crippen MR) is 142 cm³/mol. The molecule has 0 aliphatic carbocycles. The van der Waals surface area contributed by atoms with Crippen LogP contribution in [0.1, 0.15) is 36.9 Å². The van der Waals surface area contributed by atoms with E-state index in [0.717, 1.165) is 57.2 Å². The molecule has 6 rings (SSSR count). The topological polar surface area (TPSA) is 75.1 Å². The van der Waals surface area contributed by atoms with Crippen LogP contribution in [0.4, 0.5) is 0 Å². The lowest BCUT2D eigenvalue weighted by molar-refractivity contribution is 0.618. The summed E-state index contributed by atoms with van der Waals surface area (Å²) in [7, 11) is 0. The maximum Gasteiger partial charge on any atom is 0.258 e. The Labute approximate surface area is 207 Å². The van der Waals surface area contributed by atoms with Gasteiger partial charge in [0.25, 0.3) is 5.56 Å². The van der Waals surface area contributed by atoms with Gasteiger partial charge in [-0.1, -0.05) is 54.9 Å². The summed E-state index contributed by atoms with van der Waals surface area (Å²) in [5.74, 6) is 0. The number of aromatic amines is 1. The Hall–Kier alpha value is -3.90. The van der Waals surface area contributed by atoms with Gasteiger partial charge in [-0.2, -0.15) is 10.2 Å². The normalized spacial score (nSPS) is 15.5. The van der Waals surface area contributed by atoms with Gasteiger partial charge in [0.2, 0.25) is 0 Å². The van der Waals surface area contributed by atoms with Gasteiger partial charge < -0.3 is 10.4 Å². The molecule has 0 saturated carbocycles. The molecule has 5 aromatic rings. The Kier molecular flexibility index (Phi) is 5.38. The van der Waals surface area contributed by atoms with Gasteiger partial charge in [0.05, 0.1) is 29.0 Å². The van der Waals surface area contributed by atoms with Crippen LogP contribution in [0.3, 0.4) is 0 Å². The zero-order chi connectivity index (χ0) is 23.9. The van der Waals surface area contributed by atoms with Crippen molar-refractivity contribution in [1.82, 2.24) is 20.2 Å². The van der Waals surface area contributed by atoms with Crippen molar-refractivity contribution in [2.75, 3.05) is 0 Å². The largest absolute Gasteiger partial charge is 0.321 e. The van der Waals surface area contributed by atoms with Crippen molar-refractivity contribution in [1.29, 1.82) is 0 Å². The van der Waals surface area contributed by atoms with E-state index in [9.17, 15) is 4.79 Å². The molecule has 1 unspecified atom stereocenters. The number of benzene rings is 3. The number of pyridine rings is 1. The average Bonchev–Trinajstić information content (AvgIpc) is 3.52. The summed E-state index contributed by atoms with van der Waals surface area (Å²) in [6.45, 7) is 3.05. The number of aryl methyl sites for hydroxylation is 1. The summed E-state index contributed by atoms with van der Waals surface area (Å²) in [5, 5.41) is 11.8. The highest BCUT2D eigenvalue weighted by Gasteiger charge is 2.27. The van der Waals surface area contributed by atoms with E-state index in [1.54, 1.807) is 6.07 Å². The first-order valence-corrected chi connectivity index (χ1v) is 12.2. The number of hydrogen-bond acceptors (Lipinski definition) is 4. The van der Waals surface area contributed by atoms with Crippen molar-refractivity contribution < 1.29 is 0 Å². The zero-order valence-electron chi connectivity index (χ0n) is 19.3. The van der Waals surface area contributed by atoms with Gasteiger partial charge in [0, 0.05) is 39.8 Å². The smallest absolute Gasteiger partial charge is 0.258 e. The third-order valence-corrected chi connectivity index (χ3v) is 6.82. The maximum absolute atomic E-state index is 13.4. The number of fused-ring (bicyclic) bond motifs is 2. The van der Waals surface area contributed by atoms with Gasteiger partial charge in [-0.25, -0.2) is 0 Å². The molecular weight excluding hydrogens is 458 g/mol. The molecule has 0 bridgehead atoms. The second kappa shape index (κ2) is 8.71. The summed E-state index contributed by atoms with van der Waals surface area (Å²) < 4.78 is 2.04. The molecule has 1 aliphatic heterocycles. The van der Waals surface area contributed by atoms with E-state index in [1.807, 2.05) is 53.3 Å². The van der Waals surface area contributed by atoms with Crippen LogP contribution in [-0.4, -0.2) is 20.5 Å². The first-order chi connectivity index (χ1) is 17.1. The summed E-state index contributed by atoms with van der Waals surface area (Å²) in [5.41, 5.74) is 9.23. The molecule has 0 amide bonds. The highest BCUT2D eigenvalue weighted by Crippen LogP contribution is 2.34. The monoisotopic (exact) mass is 481 g/mol. The third-order valence-electron chi connectivity index (χ3n) is 6.58. The van der Waals surface area contributed by atoms with E-state index in [2.05, 4.69) is 45.7 Å². The molecule has 1 atom stereocenters. The predicted octanol–water partition coefficient (Wildman–Crippen LogP) is 6.05. The molecule has 3 heterocycles. The number of halogens is 1. The van der Waals surface area contributed by atoms with Crippen molar-refractivity contribution >= 4 is 39.1 Å². The molecule has 3 aromatic carbocycles. The lowest BCUT2D eigenvalue weighted by Gasteiger charge is -2.14. The van der Waals surface area contributed by atoms with E-state index in [0.29, 0.717) is 17.0 Å². The standard InChI is InChI=1S/C28H24ClN5O/c1-2-12-34-25-11-8-18(13-19(25)16-30-34)23-15-24(33-32-23)27-26(17-6-4-3-5-7-17)21-14-20(29)9-10-22(21)31-28(27)35/h3-11,13-14,16,23,32H,2,12,15H2,1H3,(H,31,35). The van der Waals surface area contributed by atoms with Crippen LogP contribution in [0.2, 0.25) is 5.02 Å². The van der Waals surface area contributed by atoms with Crippen LogP contribution in [0.5, 0.6) is 0 Å². The highest BCUT2D eigenvalue weighted by atomic mass is 35.5. The van der Waals surface area contributed by atoms with Gasteiger partial charge >= 0.3 is 0 Å².